The van der Waals surface area contributed by atoms with Crippen molar-refractivity contribution in [3.05, 3.63) is 18.3 Å². The van der Waals surface area contributed by atoms with Crippen molar-refractivity contribution in [3.8, 4) is 5.88 Å². The van der Waals surface area contributed by atoms with Gasteiger partial charge in [-0.3, -0.25) is 4.79 Å². The van der Waals surface area contributed by atoms with Gasteiger partial charge in [0.15, 0.2) is 0 Å². The largest absolute Gasteiger partial charge is 0.475 e. The van der Waals surface area contributed by atoms with Crippen molar-refractivity contribution in [2.75, 3.05) is 32.2 Å². The molecule has 1 atom stereocenters. The Morgan fingerprint density at radius 1 is 1.16 bits per heavy atom. The highest BCUT2D eigenvalue weighted by Crippen LogP contribution is 2.23. The number of unbranched alkanes of at least 4 members (excludes halogenated alkanes) is 2. The van der Waals surface area contributed by atoms with E-state index in [1.54, 1.807) is 25.4 Å². The van der Waals surface area contributed by atoms with E-state index in [9.17, 15) is 4.79 Å². The van der Waals surface area contributed by atoms with E-state index in [0.717, 1.165) is 25.7 Å². The van der Waals surface area contributed by atoms with Crippen molar-refractivity contribution < 1.29 is 19.0 Å². The van der Waals surface area contributed by atoms with E-state index in [1.165, 1.54) is 0 Å². The fraction of sp³-hybridized carbons (Fsp3) is 0.684. The van der Waals surface area contributed by atoms with E-state index in [2.05, 4.69) is 17.2 Å². The molecule has 0 radical (unpaired) electrons. The summed E-state index contributed by atoms with van der Waals surface area (Å²) in [6.45, 7) is 7.56. The SMILES string of the molecule is CCCCC[C@@](C)(OCCC)C(=O)Nc1ccc(OCCOC)nc1. The summed E-state index contributed by atoms with van der Waals surface area (Å²) in [4.78, 5) is 16.9. The van der Waals surface area contributed by atoms with E-state index in [-0.39, 0.29) is 5.91 Å². The molecule has 1 rings (SSSR count). The summed E-state index contributed by atoms with van der Waals surface area (Å²) in [6.07, 6.45) is 6.35. The molecule has 1 aromatic heterocycles. The van der Waals surface area contributed by atoms with E-state index >= 15 is 0 Å². The standard InChI is InChI=1S/C19H32N2O4/c1-5-7-8-11-19(3,25-12-6-2)18(22)21-16-9-10-17(20-15-16)24-14-13-23-4/h9-10,15H,5-8,11-14H2,1-4H3,(H,21,22)/t19-/m1/s1. The maximum atomic E-state index is 12.7. The molecule has 0 aliphatic rings. The molecule has 25 heavy (non-hydrogen) atoms. The number of hydrogen-bond donors (Lipinski definition) is 1. The number of carbonyl (C=O) groups is 1. The number of anilines is 1. The zero-order valence-electron chi connectivity index (χ0n) is 16.0. The molecule has 1 amide bonds. The van der Waals surface area contributed by atoms with Crippen LogP contribution in [0.5, 0.6) is 5.88 Å². The number of rotatable bonds is 13. The molecular formula is C19H32N2O4. The first-order chi connectivity index (χ1) is 12.1. The van der Waals surface area contributed by atoms with E-state index < -0.39 is 5.60 Å². The Bertz CT molecular complexity index is 493. The number of aromatic nitrogens is 1. The predicted octanol–water partition coefficient (Wildman–Crippen LogP) is 3.81. The number of nitrogens with one attached hydrogen (secondary N) is 1. The van der Waals surface area contributed by atoms with Crippen LogP contribution in [0.4, 0.5) is 5.69 Å². The van der Waals surface area contributed by atoms with Gasteiger partial charge in [0.05, 0.1) is 18.5 Å². The highest BCUT2D eigenvalue weighted by molar-refractivity contribution is 5.96. The number of carbonyl (C=O) groups excluding carboxylic acids is 1. The number of ether oxygens (including phenoxy) is 3. The number of amides is 1. The summed E-state index contributed by atoms with van der Waals surface area (Å²) in [5.74, 6) is 0.370. The third-order valence-corrected chi connectivity index (χ3v) is 3.89. The second-order valence-electron chi connectivity index (χ2n) is 6.22. The van der Waals surface area contributed by atoms with Crippen molar-refractivity contribution in [2.24, 2.45) is 0 Å². The molecule has 0 spiro atoms. The van der Waals surface area contributed by atoms with Crippen LogP contribution in [0.1, 0.15) is 52.9 Å². The van der Waals surface area contributed by atoms with Crippen LogP contribution < -0.4 is 10.1 Å². The molecule has 1 aromatic rings. The third kappa shape index (κ3) is 7.84. The second-order valence-corrected chi connectivity index (χ2v) is 6.22. The van der Waals surface area contributed by atoms with Gasteiger partial charge in [-0.15, -0.1) is 0 Å². The Kier molecular flexibility index (Phi) is 10.1. The van der Waals surface area contributed by atoms with Crippen molar-refractivity contribution in [2.45, 2.75) is 58.5 Å². The average Bonchev–Trinajstić information content (AvgIpc) is 2.62. The minimum absolute atomic E-state index is 0.132. The lowest BCUT2D eigenvalue weighted by Crippen LogP contribution is -2.43. The van der Waals surface area contributed by atoms with E-state index in [0.29, 0.717) is 37.8 Å². The zero-order valence-corrected chi connectivity index (χ0v) is 16.0. The molecule has 0 bridgehead atoms. The first-order valence-electron chi connectivity index (χ1n) is 9.09. The van der Waals surface area contributed by atoms with Crippen molar-refractivity contribution in [1.29, 1.82) is 0 Å². The second kappa shape index (κ2) is 11.8. The topological polar surface area (TPSA) is 69.7 Å². The number of nitrogens with zero attached hydrogens (tertiary/aromatic N) is 1. The van der Waals surface area contributed by atoms with Crippen LogP contribution in [0.15, 0.2) is 18.3 Å². The number of pyridine rings is 1. The quantitative estimate of drug-likeness (QED) is 0.547. The fourth-order valence-corrected chi connectivity index (χ4v) is 2.32. The fourth-order valence-electron chi connectivity index (χ4n) is 2.32. The number of methoxy groups -OCH3 is 1. The molecule has 0 aliphatic carbocycles. The average molecular weight is 352 g/mol. The summed E-state index contributed by atoms with van der Waals surface area (Å²) < 4.78 is 16.2. The van der Waals surface area contributed by atoms with Gasteiger partial charge in [-0.2, -0.15) is 0 Å². The monoisotopic (exact) mass is 352 g/mol. The minimum Gasteiger partial charge on any atom is -0.475 e. The lowest BCUT2D eigenvalue weighted by atomic mass is 9.96. The molecule has 0 fully saturated rings. The summed E-state index contributed by atoms with van der Waals surface area (Å²) in [7, 11) is 1.62. The summed E-state index contributed by atoms with van der Waals surface area (Å²) in [5, 5.41) is 2.91. The molecule has 6 heteroatoms. The molecule has 1 heterocycles. The highest BCUT2D eigenvalue weighted by Gasteiger charge is 2.33. The van der Waals surface area contributed by atoms with Gasteiger partial charge in [-0.1, -0.05) is 33.1 Å². The molecule has 0 aromatic carbocycles. The molecule has 0 unspecified atom stereocenters. The Morgan fingerprint density at radius 3 is 2.56 bits per heavy atom. The van der Waals surface area contributed by atoms with Crippen molar-refractivity contribution in [3.63, 3.8) is 0 Å². The molecule has 6 nitrogen and oxygen atoms in total. The molecule has 0 aliphatic heterocycles. The van der Waals surface area contributed by atoms with Crippen LogP contribution in [0.25, 0.3) is 0 Å². The van der Waals surface area contributed by atoms with Gasteiger partial charge in [0, 0.05) is 19.8 Å². The van der Waals surface area contributed by atoms with Crippen LogP contribution in [-0.4, -0.2) is 43.4 Å². The Hall–Kier alpha value is -1.66. The maximum Gasteiger partial charge on any atom is 0.256 e. The summed E-state index contributed by atoms with van der Waals surface area (Å²) >= 11 is 0. The van der Waals surface area contributed by atoms with Gasteiger partial charge in [0.1, 0.15) is 12.2 Å². The molecule has 0 saturated carbocycles. The summed E-state index contributed by atoms with van der Waals surface area (Å²) in [6, 6.07) is 3.51. The smallest absolute Gasteiger partial charge is 0.256 e. The normalized spacial score (nSPS) is 13.3. The maximum absolute atomic E-state index is 12.7. The van der Waals surface area contributed by atoms with Crippen LogP contribution in [0.2, 0.25) is 0 Å². The van der Waals surface area contributed by atoms with Gasteiger partial charge in [0.2, 0.25) is 5.88 Å². The Labute approximate surface area is 151 Å². The Morgan fingerprint density at radius 2 is 1.96 bits per heavy atom. The van der Waals surface area contributed by atoms with Gasteiger partial charge >= 0.3 is 0 Å². The van der Waals surface area contributed by atoms with Crippen LogP contribution >= 0.6 is 0 Å². The van der Waals surface area contributed by atoms with Gasteiger partial charge in [0.25, 0.3) is 5.91 Å². The van der Waals surface area contributed by atoms with Crippen LogP contribution in [0.3, 0.4) is 0 Å². The third-order valence-electron chi connectivity index (χ3n) is 3.89. The van der Waals surface area contributed by atoms with Crippen LogP contribution in [0, 0.1) is 0 Å². The van der Waals surface area contributed by atoms with Crippen LogP contribution in [-0.2, 0) is 14.3 Å². The molecular weight excluding hydrogens is 320 g/mol. The highest BCUT2D eigenvalue weighted by atomic mass is 16.5. The van der Waals surface area contributed by atoms with Gasteiger partial charge in [-0.25, -0.2) is 4.98 Å². The lowest BCUT2D eigenvalue weighted by Gasteiger charge is -2.28. The van der Waals surface area contributed by atoms with Gasteiger partial charge in [-0.05, 0) is 25.8 Å². The lowest BCUT2D eigenvalue weighted by molar-refractivity contribution is -0.140. The number of hydrogen-bond acceptors (Lipinski definition) is 5. The molecule has 142 valence electrons. The van der Waals surface area contributed by atoms with E-state index in [4.69, 9.17) is 14.2 Å². The minimum atomic E-state index is -0.821. The molecule has 1 N–H and O–H groups in total. The zero-order chi connectivity index (χ0) is 18.5. The predicted molar refractivity (Wildman–Crippen MR) is 99.0 cm³/mol. The van der Waals surface area contributed by atoms with Gasteiger partial charge < -0.3 is 19.5 Å². The first kappa shape index (κ1) is 21.4. The molecule has 0 saturated heterocycles. The Balaban J connectivity index is 2.64. The summed E-state index contributed by atoms with van der Waals surface area (Å²) in [5.41, 5.74) is -0.190. The van der Waals surface area contributed by atoms with Crippen molar-refractivity contribution >= 4 is 11.6 Å². The van der Waals surface area contributed by atoms with Crippen molar-refractivity contribution in [1.82, 2.24) is 4.98 Å². The first-order valence-corrected chi connectivity index (χ1v) is 9.09. The van der Waals surface area contributed by atoms with E-state index in [1.807, 2.05) is 13.8 Å².